The zero-order valence-corrected chi connectivity index (χ0v) is 13.7. The first kappa shape index (κ1) is 16.4. The number of ether oxygens (including phenoxy) is 1. The van der Waals surface area contributed by atoms with E-state index in [4.69, 9.17) is 10.00 Å². The number of nitrogens with zero attached hydrogens (tertiary/aromatic N) is 6. The van der Waals surface area contributed by atoms with Crippen LogP contribution in [0.25, 0.3) is 11.4 Å². The molecule has 2 aromatic heterocycles. The minimum atomic E-state index is -0.458. The first-order valence-electron chi connectivity index (χ1n) is 7.74. The van der Waals surface area contributed by atoms with E-state index in [9.17, 15) is 4.79 Å². The first-order chi connectivity index (χ1) is 12.2. The SMILES string of the molecule is Cn1cc(C#N)cc1C(=O)OCCCn1nnc(-c2ccccc2)n1. The van der Waals surface area contributed by atoms with Crippen LogP contribution in [0.2, 0.25) is 0 Å². The summed E-state index contributed by atoms with van der Waals surface area (Å²) in [6.07, 6.45) is 2.15. The minimum Gasteiger partial charge on any atom is -0.461 e. The lowest BCUT2D eigenvalue weighted by molar-refractivity contribution is 0.0482. The Kier molecular flexibility index (Phi) is 4.85. The van der Waals surface area contributed by atoms with Gasteiger partial charge in [-0.25, -0.2) is 4.79 Å². The number of hydrogen-bond donors (Lipinski definition) is 0. The van der Waals surface area contributed by atoms with E-state index in [1.54, 1.807) is 17.8 Å². The smallest absolute Gasteiger partial charge is 0.354 e. The van der Waals surface area contributed by atoms with E-state index >= 15 is 0 Å². The van der Waals surface area contributed by atoms with Crippen LogP contribution in [0.1, 0.15) is 22.5 Å². The summed E-state index contributed by atoms with van der Waals surface area (Å²) < 4.78 is 6.80. The predicted molar refractivity (Wildman–Crippen MR) is 88.3 cm³/mol. The monoisotopic (exact) mass is 336 g/mol. The van der Waals surface area contributed by atoms with E-state index in [0.29, 0.717) is 30.0 Å². The molecule has 0 aliphatic heterocycles. The molecule has 0 saturated heterocycles. The summed E-state index contributed by atoms with van der Waals surface area (Å²) in [4.78, 5) is 13.5. The number of esters is 1. The van der Waals surface area contributed by atoms with Crippen LogP contribution in [-0.2, 0) is 18.3 Å². The van der Waals surface area contributed by atoms with Crippen molar-refractivity contribution in [3.05, 3.63) is 53.9 Å². The highest BCUT2D eigenvalue weighted by molar-refractivity contribution is 5.88. The number of aryl methyl sites for hydroxylation is 2. The zero-order chi connectivity index (χ0) is 17.6. The van der Waals surface area contributed by atoms with Crippen molar-refractivity contribution >= 4 is 5.97 Å². The van der Waals surface area contributed by atoms with Gasteiger partial charge in [0.25, 0.3) is 0 Å². The second-order valence-electron chi connectivity index (χ2n) is 5.40. The Bertz CT molecular complexity index is 907. The second-order valence-corrected chi connectivity index (χ2v) is 5.40. The van der Waals surface area contributed by atoms with Crippen LogP contribution in [-0.4, -0.2) is 37.4 Å². The fourth-order valence-electron chi connectivity index (χ4n) is 2.31. The lowest BCUT2D eigenvalue weighted by atomic mass is 10.2. The minimum absolute atomic E-state index is 0.230. The van der Waals surface area contributed by atoms with Crippen molar-refractivity contribution < 1.29 is 9.53 Å². The molecule has 0 radical (unpaired) electrons. The number of rotatable bonds is 6. The van der Waals surface area contributed by atoms with Crippen LogP contribution in [0.3, 0.4) is 0 Å². The van der Waals surface area contributed by atoms with Gasteiger partial charge >= 0.3 is 5.97 Å². The molecule has 0 atom stereocenters. The Morgan fingerprint density at radius 2 is 2.12 bits per heavy atom. The number of tetrazole rings is 1. The third-order valence-corrected chi connectivity index (χ3v) is 3.56. The summed E-state index contributed by atoms with van der Waals surface area (Å²) in [5.41, 5.74) is 1.67. The average molecular weight is 336 g/mol. The highest BCUT2D eigenvalue weighted by Gasteiger charge is 2.13. The Morgan fingerprint density at radius 3 is 2.84 bits per heavy atom. The molecule has 8 nitrogen and oxygen atoms in total. The van der Waals surface area contributed by atoms with Gasteiger partial charge in [-0.3, -0.25) is 0 Å². The number of carbonyl (C=O) groups excluding carboxylic acids is 1. The van der Waals surface area contributed by atoms with Crippen LogP contribution in [0.4, 0.5) is 0 Å². The maximum Gasteiger partial charge on any atom is 0.354 e. The summed E-state index contributed by atoms with van der Waals surface area (Å²) in [6, 6.07) is 13.1. The Morgan fingerprint density at radius 1 is 1.32 bits per heavy atom. The van der Waals surface area contributed by atoms with E-state index in [-0.39, 0.29) is 6.61 Å². The lowest BCUT2D eigenvalue weighted by Gasteiger charge is -2.05. The van der Waals surface area contributed by atoms with Crippen molar-refractivity contribution in [1.82, 2.24) is 24.8 Å². The molecule has 0 N–H and O–H groups in total. The molecule has 25 heavy (non-hydrogen) atoms. The number of nitriles is 1. The Hall–Kier alpha value is -3.47. The van der Waals surface area contributed by atoms with Crippen LogP contribution >= 0.6 is 0 Å². The van der Waals surface area contributed by atoms with Crippen LogP contribution < -0.4 is 0 Å². The van der Waals surface area contributed by atoms with Gasteiger partial charge in [0.05, 0.1) is 18.7 Å². The molecule has 3 rings (SSSR count). The fourth-order valence-corrected chi connectivity index (χ4v) is 2.31. The predicted octanol–water partition coefficient (Wildman–Crippen LogP) is 1.80. The maximum absolute atomic E-state index is 12.0. The third kappa shape index (κ3) is 3.90. The first-order valence-corrected chi connectivity index (χ1v) is 7.74. The van der Waals surface area contributed by atoms with Crippen molar-refractivity contribution in [2.45, 2.75) is 13.0 Å². The number of carbonyl (C=O) groups is 1. The molecular weight excluding hydrogens is 320 g/mol. The van der Waals surface area contributed by atoms with E-state index < -0.39 is 5.97 Å². The van der Waals surface area contributed by atoms with E-state index in [0.717, 1.165) is 5.56 Å². The molecule has 0 aliphatic carbocycles. The molecule has 2 heterocycles. The Balaban J connectivity index is 1.49. The summed E-state index contributed by atoms with van der Waals surface area (Å²) in [7, 11) is 1.70. The maximum atomic E-state index is 12.0. The number of benzene rings is 1. The molecule has 8 heteroatoms. The summed E-state index contributed by atoms with van der Waals surface area (Å²) in [6.45, 7) is 0.720. The van der Waals surface area contributed by atoms with Gasteiger partial charge in [-0.1, -0.05) is 30.3 Å². The van der Waals surface area contributed by atoms with Crippen molar-refractivity contribution in [3.63, 3.8) is 0 Å². The normalized spacial score (nSPS) is 10.4. The number of aromatic nitrogens is 5. The molecule has 0 amide bonds. The van der Waals surface area contributed by atoms with Gasteiger partial charge in [0.15, 0.2) is 0 Å². The van der Waals surface area contributed by atoms with Crippen LogP contribution in [0, 0.1) is 11.3 Å². The summed E-state index contributed by atoms with van der Waals surface area (Å²) >= 11 is 0. The Labute approximate surface area is 144 Å². The molecule has 0 unspecified atom stereocenters. The zero-order valence-electron chi connectivity index (χ0n) is 13.7. The van der Waals surface area contributed by atoms with Gasteiger partial charge in [-0.2, -0.15) is 10.1 Å². The van der Waals surface area contributed by atoms with Gasteiger partial charge in [0.2, 0.25) is 5.82 Å². The third-order valence-electron chi connectivity index (χ3n) is 3.56. The molecular formula is C17H16N6O2. The molecule has 126 valence electrons. The largest absolute Gasteiger partial charge is 0.461 e. The highest BCUT2D eigenvalue weighted by Crippen LogP contribution is 2.12. The van der Waals surface area contributed by atoms with Crippen molar-refractivity contribution in [2.24, 2.45) is 7.05 Å². The van der Waals surface area contributed by atoms with Gasteiger partial charge < -0.3 is 9.30 Å². The van der Waals surface area contributed by atoms with Gasteiger partial charge in [0.1, 0.15) is 11.8 Å². The quantitative estimate of drug-likeness (QED) is 0.503. The van der Waals surface area contributed by atoms with Gasteiger partial charge in [-0.15, -0.1) is 10.2 Å². The van der Waals surface area contributed by atoms with E-state index in [2.05, 4.69) is 15.4 Å². The molecule has 0 aliphatic rings. The molecule has 3 aromatic rings. The topological polar surface area (TPSA) is 98.6 Å². The van der Waals surface area contributed by atoms with Crippen molar-refractivity contribution in [3.8, 4) is 17.5 Å². The summed E-state index contributed by atoms with van der Waals surface area (Å²) in [5.74, 6) is 0.103. The van der Waals surface area contributed by atoms with E-state index in [1.807, 2.05) is 36.4 Å². The standard InChI is InChI=1S/C17H16N6O2/c1-22-12-13(11-18)10-15(22)17(24)25-9-5-8-23-20-16(19-21-23)14-6-3-2-4-7-14/h2-4,6-7,10,12H,5,8-9H2,1H3. The molecule has 0 bridgehead atoms. The second kappa shape index (κ2) is 7.40. The van der Waals surface area contributed by atoms with Crippen LogP contribution in [0.15, 0.2) is 42.6 Å². The van der Waals surface area contributed by atoms with Gasteiger partial charge in [0, 0.05) is 25.2 Å². The van der Waals surface area contributed by atoms with E-state index in [1.165, 1.54) is 10.9 Å². The fraction of sp³-hybridized carbons (Fsp3) is 0.235. The summed E-state index contributed by atoms with van der Waals surface area (Å²) in [5, 5.41) is 21.1. The van der Waals surface area contributed by atoms with Crippen molar-refractivity contribution in [2.75, 3.05) is 6.61 Å². The molecule has 0 spiro atoms. The van der Waals surface area contributed by atoms with Gasteiger partial charge in [-0.05, 0) is 11.3 Å². The van der Waals surface area contributed by atoms with Crippen LogP contribution in [0.5, 0.6) is 0 Å². The average Bonchev–Trinajstić information content (AvgIpc) is 3.26. The molecule has 1 aromatic carbocycles. The molecule has 0 fully saturated rings. The number of hydrogen-bond acceptors (Lipinski definition) is 6. The lowest BCUT2D eigenvalue weighted by Crippen LogP contribution is -2.12. The highest BCUT2D eigenvalue weighted by atomic mass is 16.5. The molecule has 0 saturated carbocycles. The van der Waals surface area contributed by atoms with Crippen molar-refractivity contribution in [1.29, 1.82) is 5.26 Å².